The van der Waals surface area contributed by atoms with Crippen molar-refractivity contribution >= 4 is 38.8 Å². The van der Waals surface area contributed by atoms with E-state index in [0.29, 0.717) is 17.9 Å². The van der Waals surface area contributed by atoms with E-state index in [4.69, 9.17) is 9.47 Å². The van der Waals surface area contributed by atoms with Crippen LogP contribution in [0, 0.1) is 0 Å². The number of hydrogen-bond donors (Lipinski definition) is 0. The maximum atomic E-state index is 13.6. The molecule has 3 heterocycles. The molecular formula is C23H20N2O3S2. The molecular weight excluding hydrogens is 416 g/mol. The summed E-state index contributed by atoms with van der Waals surface area (Å²) < 4.78 is 12.1. The zero-order valence-electron chi connectivity index (χ0n) is 16.6. The number of benzene rings is 2. The zero-order valence-corrected chi connectivity index (χ0v) is 18.3. The van der Waals surface area contributed by atoms with E-state index in [2.05, 4.69) is 16.4 Å². The summed E-state index contributed by atoms with van der Waals surface area (Å²) in [5.41, 5.74) is 5.70. The van der Waals surface area contributed by atoms with Gasteiger partial charge in [-0.1, -0.05) is 6.07 Å². The van der Waals surface area contributed by atoms with Crippen LogP contribution in [0.2, 0.25) is 0 Å². The maximum Gasteiger partial charge on any atom is 0.254 e. The van der Waals surface area contributed by atoms with E-state index in [-0.39, 0.29) is 11.9 Å². The topological polar surface area (TPSA) is 51.7 Å². The van der Waals surface area contributed by atoms with Gasteiger partial charge in [0.2, 0.25) is 0 Å². The molecule has 0 saturated carbocycles. The van der Waals surface area contributed by atoms with E-state index < -0.39 is 0 Å². The van der Waals surface area contributed by atoms with Crippen LogP contribution >= 0.6 is 22.7 Å². The molecule has 4 aromatic rings. The molecule has 0 spiro atoms. The summed E-state index contributed by atoms with van der Waals surface area (Å²) in [7, 11) is 3.29. The summed E-state index contributed by atoms with van der Waals surface area (Å²) in [6.45, 7) is 0.643. The molecule has 0 fully saturated rings. The second-order valence-electron chi connectivity index (χ2n) is 7.11. The summed E-state index contributed by atoms with van der Waals surface area (Å²) in [5, 5.41) is 2.05. The number of ether oxygens (including phenoxy) is 2. The van der Waals surface area contributed by atoms with Crippen LogP contribution in [-0.4, -0.2) is 36.6 Å². The van der Waals surface area contributed by atoms with Gasteiger partial charge in [-0.05, 0) is 59.3 Å². The molecule has 0 aliphatic carbocycles. The van der Waals surface area contributed by atoms with Gasteiger partial charge < -0.3 is 14.4 Å². The number of thiophene rings is 1. The lowest BCUT2D eigenvalue weighted by molar-refractivity contribution is 0.0697. The predicted molar refractivity (Wildman–Crippen MR) is 120 cm³/mol. The van der Waals surface area contributed by atoms with Crippen molar-refractivity contribution in [1.82, 2.24) is 9.88 Å². The fourth-order valence-electron chi connectivity index (χ4n) is 4.07. The van der Waals surface area contributed by atoms with Gasteiger partial charge in [0.05, 0.1) is 36.0 Å². The molecule has 5 nitrogen and oxygen atoms in total. The van der Waals surface area contributed by atoms with E-state index >= 15 is 0 Å². The molecule has 0 radical (unpaired) electrons. The number of carbonyl (C=O) groups is 1. The van der Waals surface area contributed by atoms with Gasteiger partial charge in [0.25, 0.3) is 5.91 Å². The molecule has 2 aromatic carbocycles. The van der Waals surface area contributed by atoms with Crippen molar-refractivity contribution in [1.29, 1.82) is 0 Å². The number of amides is 1. The van der Waals surface area contributed by atoms with Crippen molar-refractivity contribution in [2.24, 2.45) is 0 Å². The molecule has 2 aromatic heterocycles. The average molecular weight is 437 g/mol. The molecule has 1 atom stereocenters. The highest BCUT2D eigenvalue weighted by Gasteiger charge is 2.34. The predicted octanol–water partition coefficient (Wildman–Crippen LogP) is 5.16. The highest BCUT2D eigenvalue weighted by Crippen LogP contribution is 2.42. The van der Waals surface area contributed by atoms with Crippen LogP contribution in [0.25, 0.3) is 10.2 Å². The minimum atomic E-state index is -0.154. The minimum absolute atomic E-state index is 0.0316. The van der Waals surface area contributed by atoms with E-state index in [1.807, 2.05) is 46.8 Å². The molecule has 30 heavy (non-hydrogen) atoms. The molecule has 1 aliphatic rings. The first-order valence-electron chi connectivity index (χ1n) is 9.62. The van der Waals surface area contributed by atoms with Crippen molar-refractivity contribution in [3.05, 3.63) is 74.9 Å². The molecule has 0 unspecified atom stereocenters. The Morgan fingerprint density at radius 2 is 1.93 bits per heavy atom. The molecule has 0 saturated heterocycles. The van der Waals surface area contributed by atoms with Crippen LogP contribution < -0.4 is 9.47 Å². The van der Waals surface area contributed by atoms with Crippen molar-refractivity contribution < 1.29 is 14.3 Å². The molecule has 1 amide bonds. The summed E-state index contributed by atoms with van der Waals surface area (Å²) in [5.74, 6) is 1.43. The van der Waals surface area contributed by atoms with Gasteiger partial charge >= 0.3 is 0 Å². The van der Waals surface area contributed by atoms with Crippen molar-refractivity contribution in [2.75, 3.05) is 20.8 Å². The van der Waals surface area contributed by atoms with E-state index in [1.54, 1.807) is 36.9 Å². The highest BCUT2D eigenvalue weighted by molar-refractivity contribution is 7.16. The Morgan fingerprint density at radius 1 is 1.10 bits per heavy atom. The largest absolute Gasteiger partial charge is 0.493 e. The Morgan fingerprint density at radius 3 is 2.70 bits per heavy atom. The van der Waals surface area contributed by atoms with Crippen LogP contribution in [0.15, 0.2) is 53.4 Å². The fraction of sp³-hybridized carbons (Fsp3) is 0.217. The Balaban J connectivity index is 1.61. The quantitative estimate of drug-likeness (QED) is 0.443. The van der Waals surface area contributed by atoms with E-state index in [0.717, 1.165) is 32.8 Å². The van der Waals surface area contributed by atoms with Crippen LogP contribution in [-0.2, 0) is 6.42 Å². The molecule has 0 bridgehead atoms. The number of rotatable bonds is 4. The third-order valence-corrected chi connectivity index (χ3v) is 7.24. The standard InChI is InChI=1S/C23H20N2O3S2/c1-27-18-10-14-7-8-25(23(26)15-5-6-17-21(11-15)30-13-24-17)22(20-4-3-9-29-20)16(14)12-19(18)28-2/h3-6,9-13,22H,7-8H2,1-2H3/t22-/m0/s1. The van der Waals surface area contributed by atoms with Crippen LogP contribution in [0.4, 0.5) is 0 Å². The number of carbonyl (C=O) groups excluding carboxylic acids is 1. The summed E-state index contributed by atoms with van der Waals surface area (Å²) in [6.07, 6.45) is 0.770. The SMILES string of the molecule is COc1cc2c(cc1OC)[C@@H](c1cccs1)N(C(=O)c1ccc3ncsc3c1)CC2. The first kappa shape index (κ1) is 19.1. The number of hydrogen-bond acceptors (Lipinski definition) is 6. The number of fused-ring (bicyclic) bond motifs is 2. The third-order valence-electron chi connectivity index (χ3n) is 5.53. The molecule has 5 rings (SSSR count). The van der Waals surface area contributed by atoms with Gasteiger partial charge in [-0.2, -0.15) is 0 Å². The zero-order chi connectivity index (χ0) is 20.7. The first-order valence-corrected chi connectivity index (χ1v) is 11.4. The second-order valence-corrected chi connectivity index (χ2v) is 8.97. The van der Waals surface area contributed by atoms with Gasteiger partial charge in [0, 0.05) is 17.0 Å². The Bertz CT molecular complexity index is 1220. The minimum Gasteiger partial charge on any atom is -0.493 e. The lowest BCUT2D eigenvalue weighted by Gasteiger charge is -2.37. The van der Waals surface area contributed by atoms with E-state index in [1.165, 1.54) is 5.56 Å². The Labute approximate surface area is 182 Å². The van der Waals surface area contributed by atoms with Gasteiger partial charge in [0.1, 0.15) is 0 Å². The fourth-order valence-corrected chi connectivity index (χ4v) is 5.64. The first-order chi connectivity index (χ1) is 14.7. The van der Waals surface area contributed by atoms with Gasteiger partial charge in [-0.15, -0.1) is 22.7 Å². The van der Waals surface area contributed by atoms with Crippen molar-refractivity contribution in [2.45, 2.75) is 12.5 Å². The second kappa shape index (κ2) is 7.74. The summed E-state index contributed by atoms with van der Waals surface area (Å²) in [6, 6.07) is 13.8. The molecule has 0 N–H and O–H groups in total. The van der Waals surface area contributed by atoms with Gasteiger partial charge in [-0.25, -0.2) is 4.98 Å². The average Bonchev–Trinajstić information content (AvgIpc) is 3.48. The maximum absolute atomic E-state index is 13.6. The van der Waals surface area contributed by atoms with Crippen molar-refractivity contribution in [3.8, 4) is 11.5 Å². The van der Waals surface area contributed by atoms with E-state index in [9.17, 15) is 4.79 Å². The van der Waals surface area contributed by atoms with Gasteiger partial charge in [-0.3, -0.25) is 4.79 Å². The smallest absolute Gasteiger partial charge is 0.254 e. The Kier molecular flexibility index (Phi) is 4.92. The molecule has 1 aliphatic heterocycles. The third kappa shape index (κ3) is 3.14. The normalized spacial score (nSPS) is 15.8. The van der Waals surface area contributed by atoms with Gasteiger partial charge in [0.15, 0.2) is 11.5 Å². The summed E-state index contributed by atoms with van der Waals surface area (Å²) in [4.78, 5) is 21.0. The lowest BCUT2D eigenvalue weighted by Crippen LogP contribution is -2.40. The molecule has 7 heteroatoms. The highest BCUT2D eigenvalue weighted by atomic mass is 32.1. The lowest BCUT2D eigenvalue weighted by atomic mass is 9.90. The van der Waals surface area contributed by atoms with Crippen LogP contribution in [0.5, 0.6) is 11.5 Å². The van der Waals surface area contributed by atoms with Crippen molar-refractivity contribution in [3.63, 3.8) is 0 Å². The van der Waals surface area contributed by atoms with Crippen LogP contribution in [0.1, 0.15) is 32.4 Å². The molecule has 152 valence electrons. The number of thiazole rings is 1. The van der Waals surface area contributed by atoms with Crippen LogP contribution in [0.3, 0.4) is 0 Å². The summed E-state index contributed by atoms with van der Waals surface area (Å²) >= 11 is 3.21. The number of nitrogens with zero attached hydrogens (tertiary/aromatic N) is 2. The monoisotopic (exact) mass is 436 g/mol. The number of methoxy groups -OCH3 is 2. The number of aromatic nitrogens is 1. The Hall–Kier alpha value is -2.90.